The second-order valence-electron chi connectivity index (χ2n) is 6.12. The zero-order chi connectivity index (χ0) is 16.5. The molecule has 1 amide bonds. The minimum atomic E-state index is 0.0854. The molecular weight excluding hydrogens is 290 g/mol. The fourth-order valence-electron chi connectivity index (χ4n) is 3.16. The van der Waals surface area contributed by atoms with Gasteiger partial charge in [-0.15, -0.1) is 0 Å². The highest BCUT2D eigenvalue weighted by Gasteiger charge is 2.15. The Labute approximate surface area is 139 Å². The number of rotatable bonds is 8. The first-order chi connectivity index (χ1) is 11.2. The SMILES string of the molecule is CCOc1ccc(NC(=O)CCC2CCCCC2)cc1OCC. The molecule has 1 aromatic carbocycles. The summed E-state index contributed by atoms with van der Waals surface area (Å²) in [7, 11) is 0. The molecule has 4 nitrogen and oxygen atoms in total. The van der Waals surface area contributed by atoms with Crippen molar-refractivity contribution in [1.29, 1.82) is 0 Å². The van der Waals surface area contributed by atoms with Crippen LogP contribution in [0, 0.1) is 5.92 Å². The Bertz CT molecular complexity index is 495. The Morgan fingerprint density at radius 1 is 1.09 bits per heavy atom. The largest absolute Gasteiger partial charge is 0.490 e. The molecule has 0 aromatic heterocycles. The van der Waals surface area contributed by atoms with E-state index in [2.05, 4.69) is 5.32 Å². The lowest BCUT2D eigenvalue weighted by molar-refractivity contribution is -0.116. The molecular formula is C19H29NO3. The highest BCUT2D eigenvalue weighted by atomic mass is 16.5. The van der Waals surface area contributed by atoms with Crippen LogP contribution in [-0.2, 0) is 4.79 Å². The summed E-state index contributed by atoms with van der Waals surface area (Å²) in [6.45, 7) is 5.04. The first-order valence-electron chi connectivity index (χ1n) is 8.92. The highest BCUT2D eigenvalue weighted by Crippen LogP contribution is 2.31. The molecule has 0 atom stereocenters. The van der Waals surface area contributed by atoms with Crippen molar-refractivity contribution in [1.82, 2.24) is 0 Å². The summed E-state index contributed by atoms with van der Waals surface area (Å²) in [4.78, 5) is 12.2. The fraction of sp³-hybridized carbons (Fsp3) is 0.632. The van der Waals surface area contributed by atoms with Gasteiger partial charge in [0.2, 0.25) is 5.91 Å². The molecule has 1 N–H and O–H groups in total. The molecule has 0 unspecified atom stereocenters. The van der Waals surface area contributed by atoms with E-state index < -0.39 is 0 Å². The molecule has 0 bridgehead atoms. The fourth-order valence-corrected chi connectivity index (χ4v) is 3.16. The van der Waals surface area contributed by atoms with Gasteiger partial charge in [0.05, 0.1) is 13.2 Å². The summed E-state index contributed by atoms with van der Waals surface area (Å²) in [5, 5.41) is 2.98. The zero-order valence-corrected chi connectivity index (χ0v) is 14.4. The van der Waals surface area contributed by atoms with Gasteiger partial charge in [-0.3, -0.25) is 4.79 Å². The van der Waals surface area contributed by atoms with Gasteiger partial charge in [0.15, 0.2) is 11.5 Å². The van der Waals surface area contributed by atoms with Crippen molar-refractivity contribution in [3.05, 3.63) is 18.2 Å². The highest BCUT2D eigenvalue weighted by molar-refractivity contribution is 5.91. The van der Waals surface area contributed by atoms with Crippen molar-refractivity contribution in [2.24, 2.45) is 5.92 Å². The van der Waals surface area contributed by atoms with E-state index in [4.69, 9.17) is 9.47 Å². The maximum Gasteiger partial charge on any atom is 0.224 e. The van der Waals surface area contributed by atoms with Crippen LogP contribution in [0.4, 0.5) is 5.69 Å². The van der Waals surface area contributed by atoms with Gasteiger partial charge in [0, 0.05) is 18.2 Å². The van der Waals surface area contributed by atoms with Crippen LogP contribution in [0.15, 0.2) is 18.2 Å². The van der Waals surface area contributed by atoms with Crippen LogP contribution in [0.2, 0.25) is 0 Å². The Balaban J connectivity index is 1.87. The van der Waals surface area contributed by atoms with Gasteiger partial charge in [-0.1, -0.05) is 32.1 Å². The lowest BCUT2D eigenvalue weighted by atomic mass is 9.86. The van der Waals surface area contributed by atoms with Crippen molar-refractivity contribution in [3.8, 4) is 11.5 Å². The Morgan fingerprint density at radius 2 is 1.78 bits per heavy atom. The quantitative estimate of drug-likeness (QED) is 0.750. The van der Waals surface area contributed by atoms with Crippen LogP contribution in [0.5, 0.6) is 11.5 Å². The Kier molecular flexibility index (Phi) is 7.24. The number of hydrogen-bond acceptors (Lipinski definition) is 3. The van der Waals surface area contributed by atoms with E-state index >= 15 is 0 Å². The van der Waals surface area contributed by atoms with Crippen LogP contribution in [0.3, 0.4) is 0 Å². The van der Waals surface area contributed by atoms with Gasteiger partial charge in [-0.25, -0.2) is 0 Å². The zero-order valence-electron chi connectivity index (χ0n) is 14.4. The van der Waals surface area contributed by atoms with Crippen LogP contribution in [0.1, 0.15) is 58.8 Å². The number of carbonyl (C=O) groups is 1. The maximum absolute atomic E-state index is 12.2. The normalized spacial score (nSPS) is 15.2. The number of ether oxygens (including phenoxy) is 2. The summed E-state index contributed by atoms with van der Waals surface area (Å²) < 4.78 is 11.1. The van der Waals surface area contributed by atoms with E-state index in [9.17, 15) is 4.79 Å². The molecule has 1 aliphatic rings. The van der Waals surface area contributed by atoms with Crippen molar-refractivity contribution >= 4 is 11.6 Å². The molecule has 4 heteroatoms. The second kappa shape index (κ2) is 9.43. The average molecular weight is 319 g/mol. The van der Waals surface area contributed by atoms with Gasteiger partial charge in [0.1, 0.15) is 0 Å². The van der Waals surface area contributed by atoms with Crippen molar-refractivity contribution in [2.45, 2.75) is 58.8 Å². The molecule has 1 fully saturated rings. The predicted molar refractivity (Wildman–Crippen MR) is 93.2 cm³/mol. The molecule has 0 spiro atoms. The number of nitrogens with one attached hydrogen (secondary N) is 1. The smallest absolute Gasteiger partial charge is 0.224 e. The number of benzene rings is 1. The molecule has 1 aromatic rings. The van der Waals surface area contributed by atoms with Gasteiger partial charge in [-0.05, 0) is 38.3 Å². The van der Waals surface area contributed by atoms with Crippen molar-refractivity contribution in [3.63, 3.8) is 0 Å². The summed E-state index contributed by atoms with van der Waals surface area (Å²) in [5.41, 5.74) is 0.769. The first-order valence-corrected chi connectivity index (χ1v) is 8.92. The molecule has 0 heterocycles. The standard InChI is InChI=1S/C19H29NO3/c1-3-22-17-12-11-16(14-18(17)23-4-2)20-19(21)13-10-15-8-6-5-7-9-15/h11-12,14-15H,3-10,13H2,1-2H3,(H,20,21). The van der Waals surface area contributed by atoms with E-state index in [1.807, 2.05) is 32.0 Å². The maximum atomic E-state index is 12.2. The average Bonchev–Trinajstić information content (AvgIpc) is 2.57. The van der Waals surface area contributed by atoms with Crippen molar-refractivity contribution in [2.75, 3.05) is 18.5 Å². The van der Waals surface area contributed by atoms with Gasteiger partial charge in [0.25, 0.3) is 0 Å². The van der Waals surface area contributed by atoms with Crippen LogP contribution in [0.25, 0.3) is 0 Å². The Hall–Kier alpha value is -1.71. The number of amides is 1. The summed E-state index contributed by atoms with van der Waals surface area (Å²) in [6.07, 6.45) is 8.17. The first kappa shape index (κ1) is 17.6. The van der Waals surface area contributed by atoms with E-state index in [0.717, 1.165) is 23.8 Å². The minimum absolute atomic E-state index is 0.0854. The lowest BCUT2D eigenvalue weighted by Gasteiger charge is -2.21. The number of hydrogen-bond donors (Lipinski definition) is 1. The molecule has 0 radical (unpaired) electrons. The van der Waals surface area contributed by atoms with Crippen molar-refractivity contribution < 1.29 is 14.3 Å². The monoisotopic (exact) mass is 319 g/mol. The molecule has 23 heavy (non-hydrogen) atoms. The lowest BCUT2D eigenvalue weighted by Crippen LogP contribution is -2.15. The van der Waals surface area contributed by atoms with E-state index in [1.165, 1.54) is 32.1 Å². The van der Waals surface area contributed by atoms with Gasteiger partial charge < -0.3 is 14.8 Å². The second-order valence-corrected chi connectivity index (χ2v) is 6.12. The third-order valence-electron chi connectivity index (χ3n) is 4.33. The topological polar surface area (TPSA) is 47.6 Å². The van der Waals surface area contributed by atoms with Gasteiger partial charge >= 0.3 is 0 Å². The summed E-state index contributed by atoms with van der Waals surface area (Å²) >= 11 is 0. The molecule has 128 valence electrons. The van der Waals surface area contributed by atoms with Crippen LogP contribution >= 0.6 is 0 Å². The molecule has 0 saturated heterocycles. The Morgan fingerprint density at radius 3 is 2.48 bits per heavy atom. The number of carbonyl (C=O) groups excluding carboxylic acids is 1. The molecule has 1 saturated carbocycles. The van der Waals surface area contributed by atoms with E-state index in [0.29, 0.717) is 25.4 Å². The number of anilines is 1. The van der Waals surface area contributed by atoms with E-state index in [1.54, 1.807) is 0 Å². The summed E-state index contributed by atoms with van der Waals surface area (Å²) in [6, 6.07) is 5.56. The third-order valence-corrected chi connectivity index (χ3v) is 4.33. The summed E-state index contributed by atoms with van der Waals surface area (Å²) in [5.74, 6) is 2.21. The van der Waals surface area contributed by atoms with Crippen LogP contribution < -0.4 is 14.8 Å². The molecule has 1 aliphatic carbocycles. The van der Waals surface area contributed by atoms with Crippen LogP contribution in [-0.4, -0.2) is 19.1 Å². The predicted octanol–water partition coefficient (Wildman–Crippen LogP) is 4.78. The van der Waals surface area contributed by atoms with E-state index in [-0.39, 0.29) is 5.91 Å². The minimum Gasteiger partial charge on any atom is -0.490 e. The third kappa shape index (κ3) is 5.77. The van der Waals surface area contributed by atoms with Gasteiger partial charge in [-0.2, -0.15) is 0 Å². The molecule has 0 aliphatic heterocycles. The molecule has 2 rings (SSSR count).